The van der Waals surface area contributed by atoms with Gasteiger partial charge in [0.25, 0.3) is 0 Å². The largest absolute Gasteiger partial charge is 0.508 e. The Morgan fingerprint density at radius 3 is 2.21 bits per heavy atom. The molecule has 1 aliphatic heterocycles. The summed E-state index contributed by atoms with van der Waals surface area (Å²) in [7, 11) is 0. The molecular weight excluding hydrogens is 370 g/mol. The van der Waals surface area contributed by atoms with Crippen LogP contribution in [-0.2, 0) is 16.0 Å². The fourth-order valence-corrected chi connectivity index (χ4v) is 3.56. The van der Waals surface area contributed by atoms with E-state index < -0.39 is 11.2 Å². The minimum Gasteiger partial charge on any atom is -0.508 e. The number of ether oxygens (including phenoxy) is 2. The molecule has 0 aliphatic carbocycles. The van der Waals surface area contributed by atoms with Gasteiger partial charge in [-0.1, -0.05) is 13.0 Å². The normalized spacial score (nSPS) is 17.9. The molecule has 1 N–H and O–H groups in total. The summed E-state index contributed by atoms with van der Waals surface area (Å²) in [6, 6.07) is 11.9. The van der Waals surface area contributed by atoms with Gasteiger partial charge < -0.3 is 14.6 Å². The maximum absolute atomic E-state index is 13.1. The van der Waals surface area contributed by atoms with Crippen LogP contribution in [0.5, 0.6) is 11.5 Å². The molecule has 0 amide bonds. The number of nitrogens with zero attached hydrogens (tertiary/aromatic N) is 1. The van der Waals surface area contributed by atoms with Crippen LogP contribution in [0.4, 0.5) is 5.69 Å². The number of carbonyl (C=O) groups excluding carboxylic acids is 1. The number of rotatable bonds is 5. The number of aliphatic hydroxyl groups is 1. The molecule has 6 nitrogen and oxygen atoms in total. The summed E-state index contributed by atoms with van der Waals surface area (Å²) in [6.07, 6.45) is 0.682. The van der Waals surface area contributed by atoms with E-state index in [0.717, 1.165) is 5.56 Å². The van der Waals surface area contributed by atoms with Crippen LogP contribution in [0.1, 0.15) is 45.7 Å². The number of hydrogen-bond acceptors (Lipinski definition) is 6. The number of aryl methyl sites for hydroxylation is 1. The summed E-state index contributed by atoms with van der Waals surface area (Å²) in [5, 5.41) is 13.7. The topological polar surface area (TPSA) is 85.2 Å². The molecule has 29 heavy (non-hydrogen) atoms. The molecule has 0 aromatic heterocycles. The zero-order valence-electron chi connectivity index (χ0n) is 17.3. The van der Waals surface area contributed by atoms with Gasteiger partial charge in [0.2, 0.25) is 0 Å². The van der Waals surface area contributed by atoms with Gasteiger partial charge in [-0.2, -0.15) is 0 Å². The van der Waals surface area contributed by atoms with Crippen molar-refractivity contribution in [3.05, 3.63) is 64.3 Å². The molecule has 0 spiro atoms. The highest BCUT2D eigenvalue weighted by Crippen LogP contribution is 2.42. The minimum absolute atomic E-state index is 0.0879. The summed E-state index contributed by atoms with van der Waals surface area (Å²) in [5.74, 6) is 0.682. The monoisotopic (exact) mass is 395 g/mol. The number of aliphatic hydroxyl groups excluding tert-OH is 1. The third-order valence-corrected chi connectivity index (χ3v) is 5.00. The van der Waals surface area contributed by atoms with E-state index in [9.17, 15) is 14.8 Å². The van der Waals surface area contributed by atoms with Gasteiger partial charge in [0.1, 0.15) is 34.1 Å². The van der Waals surface area contributed by atoms with E-state index in [-0.39, 0.29) is 17.1 Å². The van der Waals surface area contributed by atoms with E-state index in [1.165, 1.54) is 0 Å². The van der Waals surface area contributed by atoms with Gasteiger partial charge in [-0.25, -0.2) is 0 Å². The van der Waals surface area contributed by atoms with Crippen molar-refractivity contribution in [2.24, 2.45) is 5.18 Å². The lowest BCUT2D eigenvalue weighted by molar-refractivity contribution is -0.158. The van der Waals surface area contributed by atoms with Crippen LogP contribution in [-0.4, -0.2) is 22.1 Å². The van der Waals surface area contributed by atoms with Gasteiger partial charge in [0.05, 0.1) is 5.57 Å². The Labute approximate surface area is 170 Å². The fraction of sp³-hybridized carbons (Fsp3) is 0.348. The minimum atomic E-state index is -1.06. The standard InChI is InChI=1S/C23H25NO5/c1-6-14-7-10-17(28-16-11-8-15(24-27)9-12-16)13-18(14)19-20(25)22(2,3)29-23(4,5)21(19)26/h7-13,25H,6H2,1-5H3. The molecule has 0 saturated carbocycles. The molecule has 1 aliphatic rings. The smallest absolute Gasteiger partial charge is 0.198 e. The first-order valence-electron chi connectivity index (χ1n) is 9.52. The predicted octanol–water partition coefficient (Wildman–Crippen LogP) is 5.86. The van der Waals surface area contributed by atoms with Crippen LogP contribution < -0.4 is 4.74 Å². The van der Waals surface area contributed by atoms with Gasteiger partial charge in [0.15, 0.2) is 5.78 Å². The van der Waals surface area contributed by atoms with Crippen molar-refractivity contribution in [1.29, 1.82) is 0 Å². The first-order chi connectivity index (χ1) is 13.6. The molecule has 0 radical (unpaired) electrons. The van der Waals surface area contributed by atoms with Crippen molar-refractivity contribution in [2.45, 2.75) is 52.2 Å². The van der Waals surface area contributed by atoms with Gasteiger partial charge in [0, 0.05) is 0 Å². The molecule has 1 heterocycles. The lowest BCUT2D eigenvalue weighted by Gasteiger charge is -2.40. The number of hydrogen-bond donors (Lipinski definition) is 1. The highest BCUT2D eigenvalue weighted by Gasteiger charge is 2.47. The molecule has 0 fully saturated rings. The second kappa shape index (κ2) is 7.44. The summed E-state index contributed by atoms with van der Waals surface area (Å²) in [4.78, 5) is 23.7. The van der Waals surface area contributed by atoms with Crippen LogP contribution in [0, 0.1) is 4.91 Å². The molecule has 2 aromatic carbocycles. The second-order valence-electron chi connectivity index (χ2n) is 8.04. The van der Waals surface area contributed by atoms with Crippen molar-refractivity contribution in [1.82, 2.24) is 0 Å². The third-order valence-electron chi connectivity index (χ3n) is 5.00. The maximum atomic E-state index is 13.1. The summed E-state index contributed by atoms with van der Waals surface area (Å²) in [5.41, 5.74) is 0.0572. The number of Topliss-reactive ketones (excluding diaryl/α,β-unsaturated/α-hetero) is 1. The maximum Gasteiger partial charge on any atom is 0.198 e. The van der Waals surface area contributed by atoms with E-state index in [2.05, 4.69) is 5.18 Å². The van der Waals surface area contributed by atoms with Crippen LogP contribution in [0.3, 0.4) is 0 Å². The summed E-state index contributed by atoms with van der Waals surface area (Å²) < 4.78 is 11.7. The number of nitroso groups, excluding NO2 is 1. The fourth-order valence-electron chi connectivity index (χ4n) is 3.56. The molecule has 6 heteroatoms. The average molecular weight is 395 g/mol. The molecule has 0 unspecified atom stereocenters. The highest BCUT2D eigenvalue weighted by atomic mass is 16.5. The Bertz CT molecular complexity index is 987. The Morgan fingerprint density at radius 1 is 1.00 bits per heavy atom. The van der Waals surface area contributed by atoms with Gasteiger partial charge >= 0.3 is 0 Å². The van der Waals surface area contributed by atoms with Gasteiger partial charge in [-0.15, -0.1) is 4.91 Å². The quantitative estimate of drug-likeness (QED) is 0.641. The van der Waals surface area contributed by atoms with Crippen LogP contribution in [0.15, 0.2) is 53.4 Å². The number of carbonyl (C=O) groups is 1. The summed E-state index contributed by atoms with van der Waals surface area (Å²) >= 11 is 0. The first-order valence-corrected chi connectivity index (χ1v) is 9.52. The number of benzene rings is 2. The van der Waals surface area contributed by atoms with Gasteiger partial charge in [-0.05, 0) is 86.8 Å². The predicted molar refractivity (Wildman–Crippen MR) is 112 cm³/mol. The zero-order chi connectivity index (χ0) is 21.4. The highest BCUT2D eigenvalue weighted by molar-refractivity contribution is 6.26. The third kappa shape index (κ3) is 3.93. The van der Waals surface area contributed by atoms with Gasteiger partial charge in [-0.3, -0.25) is 4.79 Å². The van der Waals surface area contributed by atoms with E-state index in [1.807, 2.05) is 19.1 Å². The van der Waals surface area contributed by atoms with Crippen LogP contribution in [0.2, 0.25) is 0 Å². The van der Waals surface area contributed by atoms with E-state index in [1.54, 1.807) is 58.0 Å². The van der Waals surface area contributed by atoms with Crippen molar-refractivity contribution < 1.29 is 19.4 Å². The van der Waals surface area contributed by atoms with Crippen molar-refractivity contribution in [3.63, 3.8) is 0 Å². The molecular formula is C23H25NO5. The molecule has 152 valence electrons. The first kappa shape index (κ1) is 20.7. The second-order valence-corrected chi connectivity index (χ2v) is 8.04. The SMILES string of the molecule is CCc1ccc(Oc2ccc(N=O)cc2)cc1C1=C(O)C(C)(C)OC(C)(C)C1=O. The van der Waals surface area contributed by atoms with Crippen LogP contribution in [0.25, 0.3) is 5.57 Å². The lowest BCUT2D eigenvalue weighted by atomic mass is 9.81. The van der Waals surface area contributed by atoms with E-state index >= 15 is 0 Å². The molecule has 2 aromatic rings. The summed E-state index contributed by atoms with van der Waals surface area (Å²) in [6.45, 7) is 8.88. The van der Waals surface area contributed by atoms with E-state index in [4.69, 9.17) is 9.47 Å². The van der Waals surface area contributed by atoms with Crippen molar-refractivity contribution in [2.75, 3.05) is 0 Å². The Balaban J connectivity index is 2.09. The molecule has 0 bridgehead atoms. The van der Waals surface area contributed by atoms with E-state index in [0.29, 0.717) is 29.2 Å². The lowest BCUT2D eigenvalue weighted by Crippen LogP contribution is -2.49. The molecule has 3 rings (SSSR count). The van der Waals surface area contributed by atoms with Crippen molar-refractivity contribution in [3.8, 4) is 11.5 Å². The molecule has 0 saturated heterocycles. The van der Waals surface area contributed by atoms with Crippen LogP contribution >= 0.6 is 0 Å². The average Bonchev–Trinajstić information content (AvgIpc) is 2.67. The Kier molecular flexibility index (Phi) is 5.32. The molecule has 0 atom stereocenters. The van der Waals surface area contributed by atoms with Crippen molar-refractivity contribution >= 4 is 17.0 Å². The Morgan fingerprint density at radius 2 is 1.62 bits per heavy atom. The number of ketones is 1. The Hall–Kier alpha value is -2.99. The zero-order valence-corrected chi connectivity index (χ0v) is 17.3.